The van der Waals surface area contributed by atoms with E-state index in [0.717, 1.165) is 0 Å². The Morgan fingerprint density at radius 3 is 1.06 bits per heavy atom. The Labute approximate surface area is 102 Å². The Morgan fingerprint density at radius 1 is 0.312 bits per heavy atom. The predicted octanol–water partition coefficient (Wildman–Crippen LogP) is 5.79. The first-order valence-electron chi connectivity index (χ1n) is 7.30. The summed E-state index contributed by atoms with van der Waals surface area (Å²) in [6, 6.07) is 0. The van der Waals surface area contributed by atoms with Gasteiger partial charge in [0.05, 0.1) is 0 Å². The number of hydrogen-bond donors (Lipinski definition) is 0. The van der Waals surface area contributed by atoms with E-state index in [4.69, 9.17) is 0 Å². The molecule has 0 aliphatic heterocycles. The third kappa shape index (κ3) is 8.76. The van der Waals surface area contributed by atoms with Gasteiger partial charge in [0.25, 0.3) is 0 Å². The van der Waals surface area contributed by atoms with Crippen LogP contribution in [0.5, 0.6) is 0 Å². The molecule has 0 unspecified atom stereocenters. The van der Waals surface area contributed by atoms with Crippen molar-refractivity contribution < 1.29 is 0 Å². The summed E-state index contributed by atoms with van der Waals surface area (Å²) >= 11 is 0. The minimum Gasteiger partial charge on any atom is -0.0885 e. The molecule has 0 fully saturated rings. The third-order valence-electron chi connectivity index (χ3n) is 3.32. The van der Waals surface area contributed by atoms with Crippen LogP contribution in [0.15, 0.2) is 24.3 Å². The van der Waals surface area contributed by atoms with Crippen LogP contribution in [0.4, 0.5) is 0 Å². The lowest BCUT2D eigenvalue weighted by molar-refractivity contribution is 0.583. The number of hydrogen-bond acceptors (Lipinski definition) is 0. The number of rotatable bonds is 0. The van der Waals surface area contributed by atoms with Crippen molar-refractivity contribution >= 4 is 0 Å². The SMILES string of the molecule is C1=CCCCCCCCCC/C=C\CCC1. The molecular formula is C16H28. The summed E-state index contributed by atoms with van der Waals surface area (Å²) in [5, 5.41) is 0. The molecule has 92 valence electrons. The monoisotopic (exact) mass is 220 g/mol. The van der Waals surface area contributed by atoms with E-state index in [9.17, 15) is 0 Å². The summed E-state index contributed by atoms with van der Waals surface area (Å²) < 4.78 is 0. The van der Waals surface area contributed by atoms with Crippen molar-refractivity contribution in [2.45, 2.75) is 77.0 Å². The van der Waals surface area contributed by atoms with E-state index in [2.05, 4.69) is 24.3 Å². The van der Waals surface area contributed by atoms with Gasteiger partial charge in [0.15, 0.2) is 0 Å². The zero-order chi connectivity index (χ0) is 11.3. The lowest BCUT2D eigenvalue weighted by atomic mass is 10.1. The molecule has 0 heterocycles. The molecule has 0 N–H and O–H groups in total. The van der Waals surface area contributed by atoms with Crippen LogP contribution < -0.4 is 0 Å². The minimum atomic E-state index is 1.27. The van der Waals surface area contributed by atoms with E-state index in [1.54, 1.807) is 0 Å². The first-order chi connectivity index (χ1) is 8.00. The highest BCUT2D eigenvalue weighted by Gasteiger charge is 1.91. The van der Waals surface area contributed by atoms with Crippen molar-refractivity contribution in [3.8, 4) is 0 Å². The Balaban J connectivity index is 2.14. The number of allylic oxidation sites excluding steroid dienone is 4. The van der Waals surface area contributed by atoms with Gasteiger partial charge in [-0.1, -0.05) is 56.4 Å². The molecule has 0 saturated heterocycles. The van der Waals surface area contributed by atoms with E-state index in [-0.39, 0.29) is 0 Å². The van der Waals surface area contributed by atoms with Crippen molar-refractivity contribution in [1.29, 1.82) is 0 Å². The molecule has 16 heavy (non-hydrogen) atoms. The lowest BCUT2D eigenvalue weighted by Gasteiger charge is -2.01. The third-order valence-corrected chi connectivity index (χ3v) is 3.32. The molecule has 0 spiro atoms. The Hall–Kier alpha value is -0.520. The van der Waals surface area contributed by atoms with Gasteiger partial charge in [-0.25, -0.2) is 0 Å². The molecule has 0 aromatic carbocycles. The first kappa shape index (κ1) is 13.5. The molecule has 0 amide bonds. The normalized spacial score (nSPS) is 24.0. The second-order valence-electron chi connectivity index (χ2n) is 4.93. The highest BCUT2D eigenvalue weighted by atomic mass is 14.0. The maximum atomic E-state index is 2.38. The smallest absolute Gasteiger partial charge is 0.0348 e. The summed E-state index contributed by atoms with van der Waals surface area (Å²) in [6.07, 6.45) is 26.0. The lowest BCUT2D eigenvalue weighted by Crippen LogP contribution is -1.81. The fraction of sp³-hybridized carbons (Fsp3) is 0.750. The summed E-state index contributed by atoms with van der Waals surface area (Å²) in [6.45, 7) is 0. The molecule has 0 aromatic heterocycles. The first-order valence-corrected chi connectivity index (χ1v) is 7.30. The second-order valence-corrected chi connectivity index (χ2v) is 4.93. The molecule has 1 rings (SSSR count). The van der Waals surface area contributed by atoms with Gasteiger partial charge in [-0.15, -0.1) is 0 Å². The largest absolute Gasteiger partial charge is 0.0885 e. The van der Waals surface area contributed by atoms with Crippen molar-refractivity contribution in [1.82, 2.24) is 0 Å². The molecule has 1 aliphatic rings. The average molecular weight is 220 g/mol. The molecule has 0 bridgehead atoms. The molecule has 0 radical (unpaired) electrons. The zero-order valence-electron chi connectivity index (χ0n) is 10.8. The maximum absolute atomic E-state index is 2.38. The van der Waals surface area contributed by atoms with Crippen molar-refractivity contribution in [3.05, 3.63) is 24.3 Å². The minimum absolute atomic E-state index is 1.27. The summed E-state index contributed by atoms with van der Waals surface area (Å²) in [7, 11) is 0. The summed E-state index contributed by atoms with van der Waals surface area (Å²) in [5.41, 5.74) is 0. The summed E-state index contributed by atoms with van der Waals surface area (Å²) in [4.78, 5) is 0. The van der Waals surface area contributed by atoms with Gasteiger partial charge in [-0.05, 0) is 44.9 Å². The molecule has 0 nitrogen and oxygen atoms in total. The topological polar surface area (TPSA) is 0 Å². The van der Waals surface area contributed by atoms with Gasteiger partial charge in [-0.3, -0.25) is 0 Å². The highest BCUT2D eigenvalue weighted by Crippen LogP contribution is 2.11. The van der Waals surface area contributed by atoms with Gasteiger partial charge < -0.3 is 0 Å². The molecule has 0 atom stereocenters. The maximum Gasteiger partial charge on any atom is -0.0348 e. The van der Waals surface area contributed by atoms with Crippen LogP contribution in [0, 0.1) is 0 Å². The van der Waals surface area contributed by atoms with Gasteiger partial charge in [0, 0.05) is 0 Å². The fourth-order valence-corrected chi connectivity index (χ4v) is 2.23. The van der Waals surface area contributed by atoms with Gasteiger partial charge in [0.2, 0.25) is 0 Å². The molecule has 1 aliphatic carbocycles. The molecule has 0 heteroatoms. The fourth-order valence-electron chi connectivity index (χ4n) is 2.23. The zero-order valence-corrected chi connectivity index (χ0v) is 10.8. The summed E-state index contributed by atoms with van der Waals surface area (Å²) in [5.74, 6) is 0. The van der Waals surface area contributed by atoms with Crippen LogP contribution in [0.1, 0.15) is 77.0 Å². The van der Waals surface area contributed by atoms with E-state index >= 15 is 0 Å². The standard InChI is InChI=1S/C16H28/c1-2-4-6-8-10-12-14-16-15-13-11-9-7-5-3-1/h1-2,9,11H,3-8,10,12-16H2/b2-1-,11-9?. The van der Waals surface area contributed by atoms with Crippen molar-refractivity contribution in [2.24, 2.45) is 0 Å². The predicted molar refractivity (Wildman–Crippen MR) is 73.7 cm³/mol. The Bertz CT molecular complexity index is 168. The molecule has 0 saturated carbocycles. The van der Waals surface area contributed by atoms with Crippen LogP contribution >= 0.6 is 0 Å². The van der Waals surface area contributed by atoms with Crippen molar-refractivity contribution in [2.75, 3.05) is 0 Å². The molecular weight excluding hydrogens is 192 g/mol. The van der Waals surface area contributed by atoms with Crippen LogP contribution in [0.3, 0.4) is 0 Å². The van der Waals surface area contributed by atoms with Gasteiger partial charge in [0.1, 0.15) is 0 Å². The van der Waals surface area contributed by atoms with Gasteiger partial charge >= 0.3 is 0 Å². The van der Waals surface area contributed by atoms with E-state index in [1.807, 2.05) is 0 Å². The van der Waals surface area contributed by atoms with Crippen LogP contribution in [0.2, 0.25) is 0 Å². The van der Waals surface area contributed by atoms with Crippen LogP contribution in [-0.2, 0) is 0 Å². The van der Waals surface area contributed by atoms with Crippen molar-refractivity contribution in [3.63, 3.8) is 0 Å². The highest BCUT2D eigenvalue weighted by molar-refractivity contribution is 4.85. The average Bonchev–Trinajstić information content (AvgIpc) is 2.29. The van der Waals surface area contributed by atoms with Crippen LogP contribution in [-0.4, -0.2) is 0 Å². The second kappa shape index (κ2) is 11.0. The van der Waals surface area contributed by atoms with Gasteiger partial charge in [-0.2, -0.15) is 0 Å². The van der Waals surface area contributed by atoms with Crippen LogP contribution in [0.25, 0.3) is 0 Å². The Kier molecular flexibility index (Phi) is 9.30. The van der Waals surface area contributed by atoms with E-state index < -0.39 is 0 Å². The Morgan fingerprint density at radius 2 is 0.625 bits per heavy atom. The van der Waals surface area contributed by atoms with E-state index in [0.29, 0.717) is 0 Å². The quantitative estimate of drug-likeness (QED) is 0.453. The molecule has 0 aromatic rings. The van der Waals surface area contributed by atoms with E-state index in [1.165, 1.54) is 77.0 Å².